The first-order valence-electron chi connectivity index (χ1n) is 8.61. The Morgan fingerprint density at radius 2 is 1.75 bits per heavy atom. The highest BCUT2D eigenvalue weighted by atomic mass is 16.2. The molecule has 24 heavy (non-hydrogen) atoms. The predicted molar refractivity (Wildman–Crippen MR) is 92.4 cm³/mol. The van der Waals surface area contributed by atoms with Crippen molar-refractivity contribution in [2.45, 2.75) is 37.8 Å². The molecule has 124 valence electrons. The smallest absolute Gasteiger partial charge is 0.223 e. The molecule has 2 aromatic rings. The minimum absolute atomic E-state index is 0.0195. The number of carbonyl (C=O) groups is 1. The molecule has 1 spiro atoms. The van der Waals surface area contributed by atoms with Gasteiger partial charge in [0.15, 0.2) is 0 Å². The summed E-state index contributed by atoms with van der Waals surface area (Å²) in [4.78, 5) is 25.4. The van der Waals surface area contributed by atoms with Crippen LogP contribution in [0.4, 0.5) is 5.69 Å². The van der Waals surface area contributed by atoms with Gasteiger partial charge in [-0.05, 0) is 43.0 Å². The summed E-state index contributed by atoms with van der Waals surface area (Å²) in [6.07, 6.45) is 11.1. The molecular formula is C19H22N4O. The van der Waals surface area contributed by atoms with Crippen LogP contribution in [-0.4, -0.2) is 39.4 Å². The van der Waals surface area contributed by atoms with Crippen LogP contribution in [0.15, 0.2) is 49.1 Å². The number of aromatic nitrogens is 2. The van der Waals surface area contributed by atoms with Crippen molar-refractivity contribution in [3.05, 3.63) is 54.6 Å². The molecule has 2 aliphatic heterocycles. The highest BCUT2D eigenvalue weighted by Crippen LogP contribution is 2.40. The Balaban J connectivity index is 1.49. The van der Waals surface area contributed by atoms with E-state index < -0.39 is 0 Å². The maximum absolute atomic E-state index is 12.5. The normalized spacial score (nSPS) is 19.9. The van der Waals surface area contributed by atoms with E-state index in [0.29, 0.717) is 13.0 Å². The number of piperidine rings is 1. The van der Waals surface area contributed by atoms with E-state index in [9.17, 15) is 4.79 Å². The molecule has 2 aliphatic rings. The van der Waals surface area contributed by atoms with Crippen LogP contribution in [0.5, 0.6) is 0 Å². The molecule has 0 saturated carbocycles. The molecular weight excluding hydrogens is 300 g/mol. The lowest BCUT2D eigenvalue weighted by Crippen LogP contribution is -2.52. The zero-order valence-electron chi connectivity index (χ0n) is 13.8. The Morgan fingerprint density at radius 3 is 2.42 bits per heavy atom. The van der Waals surface area contributed by atoms with Crippen LogP contribution in [-0.2, 0) is 11.3 Å². The van der Waals surface area contributed by atoms with E-state index in [2.05, 4.69) is 31.9 Å². The number of hydrogen-bond donors (Lipinski definition) is 0. The fourth-order valence-corrected chi connectivity index (χ4v) is 4.05. The summed E-state index contributed by atoms with van der Waals surface area (Å²) in [5.41, 5.74) is 2.31. The highest BCUT2D eigenvalue weighted by molar-refractivity contribution is 5.79. The Labute approximate surface area is 142 Å². The topological polar surface area (TPSA) is 49.3 Å². The molecule has 5 nitrogen and oxygen atoms in total. The van der Waals surface area contributed by atoms with E-state index in [0.717, 1.165) is 37.9 Å². The molecule has 2 fully saturated rings. The quantitative estimate of drug-likeness (QED) is 0.872. The number of rotatable bonds is 3. The molecule has 0 radical (unpaired) electrons. The van der Waals surface area contributed by atoms with Crippen LogP contribution in [0, 0.1) is 0 Å². The number of amides is 1. The van der Waals surface area contributed by atoms with E-state index in [1.165, 1.54) is 5.69 Å². The maximum Gasteiger partial charge on any atom is 0.223 e. The molecule has 0 N–H and O–H groups in total. The molecule has 0 atom stereocenters. The van der Waals surface area contributed by atoms with Crippen LogP contribution < -0.4 is 4.90 Å². The summed E-state index contributed by atoms with van der Waals surface area (Å²) in [6, 6.07) is 8.08. The van der Waals surface area contributed by atoms with E-state index in [4.69, 9.17) is 0 Å². The van der Waals surface area contributed by atoms with Crippen molar-refractivity contribution < 1.29 is 4.79 Å². The number of likely N-dealkylation sites (tertiary alicyclic amines) is 1. The number of pyridine rings is 2. The predicted octanol–water partition coefficient (Wildman–Crippen LogP) is 2.64. The molecule has 0 aromatic carbocycles. The Hall–Kier alpha value is -2.43. The van der Waals surface area contributed by atoms with E-state index in [-0.39, 0.29) is 11.4 Å². The first kappa shape index (κ1) is 15.1. The standard InChI is InChI=1S/C19H22N4O/c24-18-5-6-19(23(18)15-16-3-1-9-20-13-16)7-11-22(12-8-19)17-4-2-10-21-14-17/h1-4,9-10,13-14H,5-8,11-12,15H2. The van der Waals surface area contributed by atoms with Gasteiger partial charge in [0, 0.05) is 50.2 Å². The fourth-order valence-electron chi connectivity index (χ4n) is 4.05. The Kier molecular flexibility index (Phi) is 3.92. The van der Waals surface area contributed by atoms with Gasteiger partial charge in [-0.25, -0.2) is 0 Å². The molecule has 1 amide bonds. The fraction of sp³-hybridized carbons (Fsp3) is 0.421. The summed E-state index contributed by atoms with van der Waals surface area (Å²) in [5.74, 6) is 0.286. The zero-order valence-corrected chi connectivity index (χ0v) is 13.8. The molecule has 0 aliphatic carbocycles. The average Bonchev–Trinajstić information content (AvgIpc) is 2.94. The SMILES string of the molecule is O=C1CCC2(CCN(c3cccnc3)CC2)N1Cc1cccnc1. The number of anilines is 1. The lowest BCUT2D eigenvalue weighted by molar-refractivity contribution is -0.132. The third-order valence-corrected chi connectivity index (χ3v) is 5.45. The number of nitrogens with zero attached hydrogens (tertiary/aromatic N) is 4. The van der Waals surface area contributed by atoms with E-state index in [1.807, 2.05) is 24.5 Å². The lowest BCUT2D eigenvalue weighted by atomic mass is 9.84. The Morgan fingerprint density at radius 1 is 1.00 bits per heavy atom. The van der Waals surface area contributed by atoms with Crippen molar-refractivity contribution in [2.75, 3.05) is 18.0 Å². The highest BCUT2D eigenvalue weighted by Gasteiger charge is 2.46. The second-order valence-electron chi connectivity index (χ2n) is 6.76. The minimum Gasteiger partial charge on any atom is -0.370 e. The van der Waals surface area contributed by atoms with Crippen LogP contribution >= 0.6 is 0 Å². The van der Waals surface area contributed by atoms with Gasteiger partial charge in [0.25, 0.3) is 0 Å². The van der Waals surface area contributed by atoms with Crippen molar-refractivity contribution in [1.29, 1.82) is 0 Å². The number of carbonyl (C=O) groups excluding carboxylic acids is 1. The Bertz CT molecular complexity index is 696. The molecule has 5 heteroatoms. The van der Waals surface area contributed by atoms with Crippen molar-refractivity contribution >= 4 is 11.6 Å². The largest absolute Gasteiger partial charge is 0.370 e. The molecule has 2 saturated heterocycles. The van der Waals surface area contributed by atoms with Gasteiger partial charge in [0.2, 0.25) is 5.91 Å². The van der Waals surface area contributed by atoms with Gasteiger partial charge >= 0.3 is 0 Å². The van der Waals surface area contributed by atoms with Crippen LogP contribution in [0.3, 0.4) is 0 Å². The van der Waals surface area contributed by atoms with Gasteiger partial charge in [-0.15, -0.1) is 0 Å². The van der Waals surface area contributed by atoms with E-state index >= 15 is 0 Å². The van der Waals surface area contributed by atoms with Crippen molar-refractivity contribution in [3.63, 3.8) is 0 Å². The lowest BCUT2D eigenvalue weighted by Gasteiger charge is -2.45. The molecule has 4 rings (SSSR count). The van der Waals surface area contributed by atoms with Crippen LogP contribution in [0.1, 0.15) is 31.2 Å². The summed E-state index contributed by atoms with van der Waals surface area (Å²) in [7, 11) is 0. The van der Waals surface area contributed by atoms with Crippen LogP contribution in [0.25, 0.3) is 0 Å². The second kappa shape index (κ2) is 6.23. The van der Waals surface area contributed by atoms with Gasteiger partial charge in [-0.1, -0.05) is 6.07 Å². The monoisotopic (exact) mass is 322 g/mol. The minimum atomic E-state index is 0.0195. The van der Waals surface area contributed by atoms with Crippen LogP contribution in [0.2, 0.25) is 0 Å². The third kappa shape index (κ3) is 2.75. The molecule has 2 aromatic heterocycles. The number of hydrogen-bond acceptors (Lipinski definition) is 4. The van der Waals surface area contributed by atoms with Gasteiger partial charge < -0.3 is 9.80 Å². The van der Waals surface area contributed by atoms with Crippen molar-refractivity contribution in [1.82, 2.24) is 14.9 Å². The van der Waals surface area contributed by atoms with Gasteiger partial charge in [-0.2, -0.15) is 0 Å². The molecule has 0 unspecified atom stereocenters. The summed E-state index contributed by atoms with van der Waals surface area (Å²) in [6.45, 7) is 2.63. The van der Waals surface area contributed by atoms with Crippen molar-refractivity contribution in [2.24, 2.45) is 0 Å². The van der Waals surface area contributed by atoms with E-state index in [1.54, 1.807) is 12.4 Å². The van der Waals surface area contributed by atoms with Gasteiger partial charge in [-0.3, -0.25) is 14.8 Å². The summed E-state index contributed by atoms with van der Waals surface area (Å²) in [5, 5.41) is 0. The third-order valence-electron chi connectivity index (χ3n) is 5.45. The van der Waals surface area contributed by atoms with Crippen molar-refractivity contribution in [3.8, 4) is 0 Å². The zero-order chi connectivity index (χ0) is 16.4. The first-order chi connectivity index (χ1) is 11.8. The van der Waals surface area contributed by atoms with Gasteiger partial charge in [0.05, 0.1) is 11.9 Å². The average molecular weight is 322 g/mol. The summed E-state index contributed by atoms with van der Waals surface area (Å²) < 4.78 is 0. The molecule has 4 heterocycles. The maximum atomic E-state index is 12.5. The molecule has 0 bridgehead atoms. The first-order valence-corrected chi connectivity index (χ1v) is 8.61. The summed E-state index contributed by atoms with van der Waals surface area (Å²) >= 11 is 0. The second-order valence-corrected chi connectivity index (χ2v) is 6.76. The van der Waals surface area contributed by atoms with Gasteiger partial charge in [0.1, 0.15) is 0 Å².